The van der Waals surface area contributed by atoms with Crippen LogP contribution in [0.4, 0.5) is 0 Å². The first kappa shape index (κ1) is 14.0. The number of aryl methyl sites for hydroxylation is 1. The monoisotopic (exact) mass is 300 g/mol. The molecule has 0 spiro atoms. The number of benzene rings is 2. The van der Waals surface area contributed by atoms with Gasteiger partial charge in [0.2, 0.25) is 0 Å². The van der Waals surface area contributed by atoms with E-state index in [1.807, 2.05) is 41.2 Å². The molecule has 2 aromatic carbocycles. The first-order chi connectivity index (χ1) is 10.4. The van der Waals surface area contributed by atoms with Crippen molar-refractivity contribution in [1.82, 2.24) is 9.78 Å². The van der Waals surface area contributed by atoms with Gasteiger partial charge in [-0.2, -0.15) is 5.10 Å². The molecule has 0 bridgehead atoms. The van der Waals surface area contributed by atoms with Gasteiger partial charge in [0.1, 0.15) is 12.4 Å². The van der Waals surface area contributed by atoms with Crippen LogP contribution in [0.15, 0.2) is 54.7 Å². The zero-order valence-corrected chi connectivity index (χ0v) is 12.5. The van der Waals surface area contributed by atoms with Gasteiger partial charge in [0.15, 0.2) is 0 Å². The second-order valence-electron chi connectivity index (χ2n) is 4.91. The maximum atomic E-state index is 5.83. The standard InChI is InChI=1S/C17H17ClN2O/c18-9-4-10-20-17-8-7-16(11-15(17)12-19-20)21-13-14-5-2-1-3-6-14/h1-3,5-8,11-12H,4,9-10,13H2. The van der Waals surface area contributed by atoms with Gasteiger partial charge in [-0.15, -0.1) is 11.6 Å². The van der Waals surface area contributed by atoms with E-state index in [9.17, 15) is 0 Å². The van der Waals surface area contributed by atoms with Crippen molar-refractivity contribution in [1.29, 1.82) is 0 Å². The first-order valence-corrected chi connectivity index (χ1v) is 7.58. The molecule has 108 valence electrons. The second kappa shape index (κ2) is 6.64. The van der Waals surface area contributed by atoms with E-state index in [4.69, 9.17) is 16.3 Å². The van der Waals surface area contributed by atoms with E-state index in [0.29, 0.717) is 12.5 Å². The van der Waals surface area contributed by atoms with Gasteiger partial charge >= 0.3 is 0 Å². The third kappa shape index (κ3) is 3.37. The van der Waals surface area contributed by atoms with Crippen molar-refractivity contribution in [2.75, 3.05) is 5.88 Å². The van der Waals surface area contributed by atoms with Crippen LogP contribution in [0.1, 0.15) is 12.0 Å². The van der Waals surface area contributed by atoms with Gasteiger partial charge in [-0.3, -0.25) is 4.68 Å². The summed E-state index contributed by atoms with van der Waals surface area (Å²) >= 11 is 5.73. The molecular weight excluding hydrogens is 284 g/mol. The van der Waals surface area contributed by atoms with Gasteiger partial charge in [-0.05, 0) is 30.2 Å². The highest BCUT2D eigenvalue weighted by molar-refractivity contribution is 6.17. The Balaban J connectivity index is 1.72. The van der Waals surface area contributed by atoms with Gasteiger partial charge in [-0.25, -0.2) is 0 Å². The van der Waals surface area contributed by atoms with Crippen LogP contribution in [0, 0.1) is 0 Å². The van der Waals surface area contributed by atoms with Crippen molar-refractivity contribution in [3.63, 3.8) is 0 Å². The zero-order valence-electron chi connectivity index (χ0n) is 11.7. The van der Waals surface area contributed by atoms with Crippen LogP contribution in [0.3, 0.4) is 0 Å². The van der Waals surface area contributed by atoms with E-state index in [0.717, 1.165) is 35.2 Å². The van der Waals surface area contributed by atoms with E-state index in [2.05, 4.69) is 23.3 Å². The Hall–Kier alpha value is -2.00. The molecule has 0 unspecified atom stereocenters. The van der Waals surface area contributed by atoms with Gasteiger partial charge < -0.3 is 4.74 Å². The lowest BCUT2D eigenvalue weighted by atomic mass is 10.2. The average molecular weight is 301 g/mol. The number of hydrogen-bond donors (Lipinski definition) is 0. The Bertz CT molecular complexity index is 709. The Morgan fingerprint density at radius 3 is 2.76 bits per heavy atom. The molecular formula is C17H17ClN2O. The Morgan fingerprint density at radius 2 is 1.95 bits per heavy atom. The van der Waals surface area contributed by atoms with Gasteiger partial charge in [0, 0.05) is 17.8 Å². The largest absolute Gasteiger partial charge is 0.489 e. The fraction of sp³-hybridized carbons (Fsp3) is 0.235. The smallest absolute Gasteiger partial charge is 0.120 e. The number of ether oxygens (including phenoxy) is 1. The summed E-state index contributed by atoms with van der Waals surface area (Å²) in [5, 5.41) is 5.49. The highest BCUT2D eigenvalue weighted by atomic mass is 35.5. The van der Waals surface area contributed by atoms with E-state index in [1.165, 1.54) is 0 Å². The second-order valence-corrected chi connectivity index (χ2v) is 5.28. The molecule has 21 heavy (non-hydrogen) atoms. The Labute approximate surface area is 129 Å². The maximum Gasteiger partial charge on any atom is 0.120 e. The van der Waals surface area contributed by atoms with Crippen molar-refractivity contribution in [3.05, 3.63) is 60.3 Å². The van der Waals surface area contributed by atoms with Crippen molar-refractivity contribution >= 4 is 22.5 Å². The fourth-order valence-corrected chi connectivity index (χ4v) is 2.40. The molecule has 0 saturated carbocycles. The van der Waals surface area contributed by atoms with Crippen LogP contribution < -0.4 is 4.74 Å². The number of aromatic nitrogens is 2. The molecule has 1 aromatic heterocycles. The summed E-state index contributed by atoms with van der Waals surface area (Å²) in [5.74, 6) is 1.52. The first-order valence-electron chi connectivity index (χ1n) is 7.05. The van der Waals surface area contributed by atoms with E-state index < -0.39 is 0 Å². The third-order valence-electron chi connectivity index (χ3n) is 3.37. The number of fused-ring (bicyclic) bond motifs is 1. The molecule has 3 rings (SSSR count). The van der Waals surface area contributed by atoms with E-state index >= 15 is 0 Å². The van der Waals surface area contributed by atoms with Crippen LogP contribution in [-0.2, 0) is 13.2 Å². The lowest BCUT2D eigenvalue weighted by Gasteiger charge is -2.07. The number of rotatable bonds is 6. The molecule has 3 aromatic rings. The summed E-state index contributed by atoms with van der Waals surface area (Å²) < 4.78 is 7.82. The lowest BCUT2D eigenvalue weighted by Crippen LogP contribution is -2.00. The van der Waals surface area contributed by atoms with Crippen molar-refractivity contribution in [3.8, 4) is 5.75 Å². The average Bonchev–Trinajstić information content (AvgIpc) is 2.94. The molecule has 0 N–H and O–H groups in total. The van der Waals surface area contributed by atoms with Crippen LogP contribution in [0.25, 0.3) is 10.9 Å². The minimum absolute atomic E-state index is 0.576. The van der Waals surface area contributed by atoms with Crippen LogP contribution in [0.5, 0.6) is 5.75 Å². The quantitative estimate of drug-likeness (QED) is 0.637. The van der Waals surface area contributed by atoms with Gasteiger partial charge in [0.05, 0.1) is 11.7 Å². The molecule has 3 nitrogen and oxygen atoms in total. The fourth-order valence-electron chi connectivity index (χ4n) is 2.28. The minimum atomic E-state index is 0.576. The molecule has 0 atom stereocenters. The number of hydrogen-bond acceptors (Lipinski definition) is 2. The molecule has 0 aliphatic heterocycles. The molecule has 0 aliphatic rings. The summed E-state index contributed by atoms with van der Waals surface area (Å²) in [6.07, 6.45) is 2.80. The van der Waals surface area contributed by atoms with Crippen molar-refractivity contribution in [2.24, 2.45) is 0 Å². The summed E-state index contributed by atoms with van der Waals surface area (Å²) in [6, 6.07) is 16.2. The summed E-state index contributed by atoms with van der Waals surface area (Å²) in [4.78, 5) is 0. The van der Waals surface area contributed by atoms with Crippen LogP contribution >= 0.6 is 11.6 Å². The lowest BCUT2D eigenvalue weighted by molar-refractivity contribution is 0.306. The highest BCUT2D eigenvalue weighted by Gasteiger charge is 2.04. The molecule has 0 radical (unpaired) electrons. The summed E-state index contributed by atoms with van der Waals surface area (Å²) in [7, 11) is 0. The number of alkyl halides is 1. The van der Waals surface area contributed by atoms with E-state index in [-0.39, 0.29) is 0 Å². The molecule has 0 saturated heterocycles. The molecule has 0 aliphatic carbocycles. The zero-order chi connectivity index (χ0) is 14.5. The predicted molar refractivity (Wildman–Crippen MR) is 85.8 cm³/mol. The molecule has 0 amide bonds. The summed E-state index contributed by atoms with van der Waals surface area (Å²) in [5.41, 5.74) is 2.28. The highest BCUT2D eigenvalue weighted by Crippen LogP contribution is 2.21. The predicted octanol–water partition coefficient (Wildman–Crippen LogP) is 4.24. The van der Waals surface area contributed by atoms with Gasteiger partial charge in [0.25, 0.3) is 0 Å². The van der Waals surface area contributed by atoms with Crippen LogP contribution in [0.2, 0.25) is 0 Å². The van der Waals surface area contributed by atoms with Gasteiger partial charge in [-0.1, -0.05) is 30.3 Å². The Morgan fingerprint density at radius 1 is 1.10 bits per heavy atom. The molecule has 0 fully saturated rings. The number of halogens is 1. The van der Waals surface area contributed by atoms with Crippen molar-refractivity contribution < 1.29 is 4.74 Å². The number of nitrogens with zero attached hydrogens (tertiary/aromatic N) is 2. The normalized spacial score (nSPS) is 10.9. The summed E-state index contributed by atoms with van der Waals surface area (Å²) in [6.45, 7) is 1.42. The minimum Gasteiger partial charge on any atom is -0.489 e. The molecule has 1 heterocycles. The van der Waals surface area contributed by atoms with Crippen molar-refractivity contribution in [2.45, 2.75) is 19.6 Å². The van der Waals surface area contributed by atoms with Crippen LogP contribution in [-0.4, -0.2) is 15.7 Å². The third-order valence-corrected chi connectivity index (χ3v) is 3.63. The maximum absolute atomic E-state index is 5.83. The Kier molecular flexibility index (Phi) is 4.41. The van der Waals surface area contributed by atoms with E-state index in [1.54, 1.807) is 0 Å². The SMILES string of the molecule is ClCCCn1ncc2cc(OCc3ccccc3)ccc21. The topological polar surface area (TPSA) is 27.1 Å². The molecule has 4 heteroatoms.